The SMILES string of the molecule is CC(C)c1ccc(C[S+](c2ccccc2)c2ccccc2)cc1. The average Bonchev–Trinajstić information content (AvgIpc) is 2.61. The number of hydrogen-bond donors (Lipinski definition) is 0. The van der Waals surface area contributed by atoms with Crippen molar-refractivity contribution in [2.75, 3.05) is 0 Å². The highest BCUT2D eigenvalue weighted by atomic mass is 32.2. The van der Waals surface area contributed by atoms with Crippen molar-refractivity contribution in [1.29, 1.82) is 0 Å². The van der Waals surface area contributed by atoms with Crippen LogP contribution in [0.25, 0.3) is 0 Å². The van der Waals surface area contributed by atoms with Crippen LogP contribution >= 0.6 is 0 Å². The highest BCUT2D eigenvalue weighted by molar-refractivity contribution is 7.96. The Balaban J connectivity index is 1.90. The number of hydrogen-bond acceptors (Lipinski definition) is 0. The fourth-order valence-corrected chi connectivity index (χ4v) is 4.74. The van der Waals surface area contributed by atoms with E-state index in [1.54, 1.807) is 0 Å². The third-order valence-corrected chi connectivity index (χ3v) is 6.32. The van der Waals surface area contributed by atoms with Gasteiger partial charge in [-0.15, -0.1) is 0 Å². The summed E-state index contributed by atoms with van der Waals surface area (Å²) in [4.78, 5) is 2.82. The second-order valence-electron chi connectivity index (χ2n) is 6.06. The molecule has 116 valence electrons. The van der Waals surface area contributed by atoms with E-state index in [1.165, 1.54) is 20.9 Å². The third kappa shape index (κ3) is 4.05. The Kier molecular flexibility index (Phi) is 5.19. The molecule has 23 heavy (non-hydrogen) atoms. The maximum atomic E-state index is 2.29. The summed E-state index contributed by atoms with van der Waals surface area (Å²) in [6.07, 6.45) is 0. The van der Waals surface area contributed by atoms with E-state index in [2.05, 4.69) is 98.8 Å². The number of benzene rings is 3. The van der Waals surface area contributed by atoms with Crippen molar-refractivity contribution in [3.63, 3.8) is 0 Å². The Morgan fingerprint density at radius 3 is 1.57 bits per heavy atom. The van der Waals surface area contributed by atoms with Crippen molar-refractivity contribution in [2.24, 2.45) is 0 Å². The largest absolute Gasteiger partial charge is 0.161 e. The van der Waals surface area contributed by atoms with Crippen molar-refractivity contribution >= 4 is 10.9 Å². The van der Waals surface area contributed by atoms with Gasteiger partial charge in [-0.3, -0.25) is 0 Å². The van der Waals surface area contributed by atoms with Crippen molar-refractivity contribution < 1.29 is 0 Å². The summed E-state index contributed by atoms with van der Waals surface area (Å²) in [7, 11) is 0.0805. The monoisotopic (exact) mass is 319 g/mol. The predicted molar refractivity (Wildman–Crippen MR) is 101 cm³/mol. The Morgan fingerprint density at radius 2 is 1.13 bits per heavy atom. The van der Waals surface area contributed by atoms with E-state index in [0.29, 0.717) is 5.92 Å². The molecule has 0 aliphatic heterocycles. The molecule has 0 saturated carbocycles. The maximum Gasteiger partial charge on any atom is 0.161 e. The van der Waals surface area contributed by atoms with Crippen molar-refractivity contribution in [1.82, 2.24) is 0 Å². The van der Waals surface area contributed by atoms with Gasteiger partial charge in [0.05, 0.1) is 10.9 Å². The lowest BCUT2D eigenvalue weighted by Gasteiger charge is -2.10. The first kappa shape index (κ1) is 15.9. The molecule has 0 amide bonds. The Morgan fingerprint density at radius 1 is 0.652 bits per heavy atom. The van der Waals surface area contributed by atoms with Crippen LogP contribution in [0.15, 0.2) is 94.7 Å². The average molecular weight is 319 g/mol. The Labute approximate surface area is 142 Å². The molecule has 0 atom stereocenters. The molecule has 0 saturated heterocycles. The first-order valence-corrected chi connectivity index (χ1v) is 9.53. The predicted octanol–water partition coefficient (Wildman–Crippen LogP) is 6.05. The van der Waals surface area contributed by atoms with Crippen LogP contribution in [0.5, 0.6) is 0 Å². The van der Waals surface area contributed by atoms with Crippen LogP contribution in [0.3, 0.4) is 0 Å². The highest BCUT2D eigenvalue weighted by Gasteiger charge is 2.25. The molecule has 0 spiro atoms. The second kappa shape index (κ2) is 7.52. The normalized spacial score (nSPS) is 11.1. The van der Waals surface area contributed by atoms with E-state index >= 15 is 0 Å². The zero-order valence-corrected chi connectivity index (χ0v) is 14.6. The van der Waals surface area contributed by atoms with Gasteiger partial charge in [-0.1, -0.05) is 74.5 Å². The molecule has 0 aliphatic carbocycles. The van der Waals surface area contributed by atoms with E-state index < -0.39 is 0 Å². The van der Waals surface area contributed by atoms with Gasteiger partial charge in [0.15, 0.2) is 9.79 Å². The first-order valence-electron chi connectivity index (χ1n) is 8.14. The van der Waals surface area contributed by atoms with E-state index in [1.807, 2.05) is 0 Å². The Bertz CT molecular complexity index is 675. The number of rotatable bonds is 5. The lowest BCUT2D eigenvalue weighted by atomic mass is 10.0. The second-order valence-corrected chi connectivity index (χ2v) is 8.07. The van der Waals surface area contributed by atoms with Gasteiger partial charge in [0.1, 0.15) is 5.75 Å². The molecule has 0 fully saturated rings. The minimum Gasteiger partial charge on any atom is -0.0619 e. The summed E-state index contributed by atoms with van der Waals surface area (Å²) in [6, 6.07) is 30.9. The molecule has 0 aliphatic rings. The Hall–Kier alpha value is -1.99. The van der Waals surface area contributed by atoms with Gasteiger partial charge in [0.25, 0.3) is 0 Å². The zero-order chi connectivity index (χ0) is 16.1. The van der Waals surface area contributed by atoms with Crippen LogP contribution in [0.1, 0.15) is 30.9 Å². The maximum absolute atomic E-state index is 2.29. The topological polar surface area (TPSA) is 0 Å². The van der Waals surface area contributed by atoms with Gasteiger partial charge in [0, 0.05) is 5.56 Å². The first-order chi connectivity index (χ1) is 11.2. The van der Waals surface area contributed by atoms with E-state index in [4.69, 9.17) is 0 Å². The van der Waals surface area contributed by atoms with Gasteiger partial charge >= 0.3 is 0 Å². The molecule has 3 rings (SSSR count). The highest BCUT2D eigenvalue weighted by Crippen LogP contribution is 2.27. The lowest BCUT2D eigenvalue weighted by molar-refractivity contribution is 0.866. The van der Waals surface area contributed by atoms with Crippen LogP contribution in [-0.4, -0.2) is 0 Å². The molecule has 0 radical (unpaired) electrons. The van der Waals surface area contributed by atoms with Crippen LogP contribution in [0.4, 0.5) is 0 Å². The fraction of sp³-hybridized carbons (Fsp3) is 0.182. The summed E-state index contributed by atoms with van der Waals surface area (Å²) in [5.41, 5.74) is 2.82. The summed E-state index contributed by atoms with van der Waals surface area (Å²) in [5, 5.41) is 0. The molecule has 0 nitrogen and oxygen atoms in total. The van der Waals surface area contributed by atoms with Gasteiger partial charge < -0.3 is 0 Å². The molecule has 0 N–H and O–H groups in total. The smallest absolute Gasteiger partial charge is 0.0619 e. The molecular weight excluding hydrogens is 296 g/mol. The van der Waals surface area contributed by atoms with Crippen LogP contribution < -0.4 is 0 Å². The molecule has 1 heteroatoms. The third-order valence-electron chi connectivity index (χ3n) is 4.01. The van der Waals surface area contributed by atoms with Crippen LogP contribution in [-0.2, 0) is 16.6 Å². The van der Waals surface area contributed by atoms with E-state index in [-0.39, 0.29) is 10.9 Å². The summed E-state index contributed by atoms with van der Waals surface area (Å²) < 4.78 is 0. The van der Waals surface area contributed by atoms with Gasteiger partial charge in [0.2, 0.25) is 0 Å². The fourth-order valence-electron chi connectivity index (χ4n) is 2.64. The molecule has 0 heterocycles. The standard InChI is InChI=1S/C22H23S/c1-18(2)20-15-13-19(14-16-20)17-23(21-9-5-3-6-10-21)22-11-7-4-8-12-22/h3-16,18H,17H2,1-2H3/q+1. The van der Waals surface area contributed by atoms with Gasteiger partial charge in [-0.05, 0) is 35.7 Å². The van der Waals surface area contributed by atoms with Gasteiger partial charge in [-0.2, -0.15) is 0 Å². The van der Waals surface area contributed by atoms with Crippen molar-refractivity contribution in [3.05, 3.63) is 96.1 Å². The van der Waals surface area contributed by atoms with Gasteiger partial charge in [-0.25, -0.2) is 0 Å². The van der Waals surface area contributed by atoms with Crippen LogP contribution in [0.2, 0.25) is 0 Å². The lowest BCUT2D eigenvalue weighted by Crippen LogP contribution is -2.07. The molecule has 3 aromatic carbocycles. The molecule has 0 aromatic heterocycles. The minimum absolute atomic E-state index is 0.0805. The van der Waals surface area contributed by atoms with E-state index in [0.717, 1.165) is 5.75 Å². The zero-order valence-electron chi connectivity index (χ0n) is 13.8. The minimum atomic E-state index is 0.0805. The molecule has 0 bridgehead atoms. The van der Waals surface area contributed by atoms with Crippen molar-refractivity contribution in [3.8, 4) is 0 Å². The molecule has 3 aromatic rings. The molecule has 0 unspecified atom stereocenters. The summed E-state index contributed by atoms with van der Waals surface area (Å²) in [5.74, 6) is 1.65. The summed E-state index contributed by atoms with van der Waals surface area (Å²) >= 11 is 0. The van der Waals surface area contributed by atoms with Crippen molar-refractivity contribution in [2.45, 2.75) is 35.3 Å². The molecular formula is C22H23S+. The van der Waals surface area contributed by atoms with Crippen LogP contribution in [0, 0.1) is 0 Å². The quantitative estimate of drug-likeness (QED) is 0.502. The summed E-state index contributed by atoms with van der Waals surface area (Å²) in [6.45, 7) is 4.49. The van der Waals surface area contributed by atoms with E-state index in [9.17, 15) is 0 Å².